The van der Waals surface area contributed by atoms with Crippen LogP contribution in [0.2, 0.25) is 0 Å². The van der Waals surface area contributed by atoms with Crippen molar-refractivity contribution in [1.82, 2.24) is 4.90 Å². The van der Waals surface area contributed by atoms with E-state index in [1.54, 1.807) is 4.90 Å². The Morgan fingerprint density at radius 2 is 2.11 bits per heavy atom. The van der Waals surface area contributed by atoms with Gasteiger partial charge in [0.05, 0.1) is 12.5 Å². The van der Waals surface area contributed by atoms with Gasteiger partial charge >= 0.3 is 5.97 Å². The first-order valence-electron chi connectivity index (χ1n) is 6.19. The Hall–Kier alpha value is -1.36. The molecule has 0 saturated carbocycles. The van der Waals surface area contributed by atoms with E-state index in [-0.39, 0.29) is 23.2 Å². The van der Waals surface area contributed by atoms with E-state index in [1.807, 2.05) is 31.2 Å². The Labute approximate surface area is 120 Å². The summed E-state index contributed by atoms with van der Waals surface area (Å²) >= 11 is 3.43. The molecule has 0 spiro atoms. The van der Waals surface area contributed by atoms with Crippen LogP contribution in [-0.2, 0) is 9.59 Å². The Bertz CT molecular complexity index is 486. The molecular weight excluding hydrogens is 310 g/mol. The summed E-state index contributed by atoms with van der Waals surface area (Å²) in [5, 5.41) is 9.06. The summed E-state index contributed by atoms with van der Waals surface area (Å²) in [5.74, 6) is -0.884. The lowest BCUT2D eigenvalue weighted by Gasteiger charge is -2.27. The number of halogens is 1. The topological polar surface area (TPSA) is 57.6 Å². The Balaban J connectivity index is 2.28. The Morgan fingerprint density at radius 1 is 1.47 bits per heavy atom. The summed E-state index contributed by atoms with van der Waals surface area (Å²) in [6.45, 7) is 2.54. The molecule has 0 radical (unpaired) electrons. The quantitative estimate of drug-likeness (QED) is 0.865. The van der Waals surface area contributed by atoms with E-state index in [0.717, 1.165) is 11.1 Å². The predicted octanol–water partition coefficient (Wildman–Crippen LogP) is 2.51. The maximum absolute atomic E-state index is 12.0. The number of carboxylic acid groups (broad SMARTS) is 1. The molecule has 102 valence electrons. The number of aryl methyl sites for hydroxylation is 1. The smallest absolute Gasteiger partial charge is 0.305 e. The first kappa shape index (κ1) is 14.1. The molecule has 0 aliphatic carbocycles. The molecular formula is C14H16BrNO3. The largest absolute Gasteiger partial charge is 0.481 e. The monoisotopic (exact) mass is 325 g/mol. The van der Waals surface area contributed by atoms with Crippen LogP contribution < -0.4 is 0 Å². The summed E-state index contributed by atoms with van der Waals surface area (Å²) in [5.41, 5.74) is 1.99. The standard InChI is InChI=1S/C14H16BrNO3/c1-9-2-4-10(5-3-9)12(7-14(18)19)16-8-11(15)6-13(16)17/h2-5,11-12H,6-8H2,1H3,(H,18,19). The van der Waals surface area contributed by atoms with Gasteiger partial charge in [0.15, 0.2) is 0 Å². The van der Waals surface area contributed by atoms with Crippen molar-refractivity contribution in [1.29, 1.82) is 0 Å². The second-order valence-electron chi connectivity index (χ2n) is 4.87. The van der Waals surface area contributed by atoms with Gasteiger partial charge in [-0.25, -0.2) is 0 Å². The van der Waals surface area contributed by atoms with Crippen molar-refractivity contribution in [2.45, 2.75) is 30.6 Å². The fourth-order valence-electron chi connectivity index (χ4n) is 2.35. The molecule has 1 aliphatic rings. The number of hydrogen-bond acceptors (Lipinski definition) is 2. The molecule has 1 aromatic carbocycles. The molecule has 5 heteroatoms. The molecule has 0 bridgehead atoms. The highest BCUT2D eigenvalue weighted by atomic mass is 79.9. The molecule has 1 amide bonds. The fraction of sp³-hybridized carbons (Fsp3) is 0.429. The number of aliphatic carboxylic acids is 1. The van der Waals surface area contributed by atoms with Crippen molar-refractivity contribution >= 4 is 27.8 Å². The van der Waals surface area contributed by atoms with Crippen LogP contribution in [0.25, 0.3) is 0 Å². The van der Waals surface area contributed by atoms with E-state index in [0.29, 0.717) is 13.0 Å². The number of nitrogens with zero attached hydrogens (tertiary/aromatic N) is 1. The van der Waals surface area contributed by atoms with Gasteiger partial charge in [-0.15, -0.1) is 0 Å². The molecule has 2 rings (SSSR count). The van der Waals surface area contributed by atoms with Crippen LogP contribution in [0.3, 0.4) is 0 Å². The minimum Gasteiger partial charge on any atom is -0.481 e. The molecule has 1 heterocycles. The lowest BCUT2D eigenvalue weighted by atomic mass is 10.0. The van der Waals surface area contributed by atoms with Gasteiger partial charge in [0, 0.05) is 17.8 Å². The van der Waals surface area contributed by atoms with Crippen molar-refractivity contribution in [3.05, 3.63) is 35.4 Å². The third-order valence-electron chi connectivity index (χ3n) is 3.32. The summed E-state index contributed by atoms with van der Waals surface area (Å²) in [7, 11) is 0. The van der Waals surface area contributed by atoms with Gasteiger partial charge in [-0.3, -0.25) is 9.59 Å². The molecule has 2 unspecified atom stereocenters. The number of benzene rings is 1. The second-order valence-corrected chi connectivity index (χ2v) is 6.17. The maximum atomic E-state index is 12.0. The lowest BCUT2D eigenvalue weighted by Crippen LogP contribution is -2.32. The highest BCUT2D eigenvalue weighted by Gasteiger charge is 2.34. The first-order valence-corrected chi connectivity index (χ1v) is 7.11. The highest BCUT2D eigenvalue weighted by Crippen LogP contribution is 2.31. The van der Waals surface area contributed by atoms with Crippen molar-refractivity contribution in [3.8, 4) is 0 Å². The zero-order valence-corrected chi connectivity index (χ0v) is 12.3. The minimum absolute atomic E-state index is 0.00806. The van der Waals surface area contributed by atoms with Gasteiger partial charge < -0.3 is 10.0 Å². The van der Waals surface area contributed by atoms with Gasteiger partial charge in [-0.2, -0.15) is 0 Å². The zero-order valence-electron chi connectivity index (χ0n) is 10.7. The van der Waals surface area contributed by atoms with Crippen molar-refractivity contribution in [2.75, 3.05) is 6.54 Å². The molecule has 4 nitrogen and oxygen atoms in total. The first-order chi connectivity index (χ1) is 8.97. The molecule has 1 fully saturated rings. The molecule has 1 N–H and O–H groups in total. The summed E-state index contributed by atoms with van der Waals surface area (Å²) in [6.07, 6.45) is 0.372. The molecule has 0 aromatic heterocycles. The van der Waals surface area contributed by atoms with Crippen LogP contribution in [-0.4, -0.2) is 33.3 Å². The lowest BCUT2D eigenvalue weighted by molar-refractivity contribution is -0.139. The van der Waals surface area contributed by atoms with Crippen molar-refractivity contribution in [3.63, 3.8) is 0 Å². The van der Waals surface area contributed by atoms with Crippen LogP contribution in [0.1, 0.15) is 30.0 Å². The van der Waals surface area contributed by atoms with Gasteiger partial charge in [0.2, 0.25) is 5.91 Å². The van der Waals surface area contributed by atoms with Crippen LogP contribution in [0.4, 0.5) is 0 Å². The van der Waals surface area contributed by atoms with Crippen LogP contribution in [0, 0.1) is 6.92 Å². The Morgan fingerprint density at radius 3 is 2.58 bits per heavy atom. The number of carboxylic acids is 1. The van der Waals surface area contributed by atoms with E-state index in [9.17, 15) is 9.59 Å². The number of likely N-dealkylation sites (tertiary alicyclic amines) is 1. The maximum Gasteiger partial charge on any atom is 0.305 e. The average molecular weight is 326 g/mol. The summed E-state index contributed by atoms with van der Waals surface area (Å²) in [6, 6.07) is 7.30. The number of alkyl halides is 1. The molecule has 19 heavy (non-hydrogen) atoms. The normalized spacial score (nSPS) is 20.6. The van der Waals surface area contributed by atoms with Gasteiger partial charge in [0.1, 0.15) is 0 Å². The second kappa shape index (κ2) is 5.74. The SMILES string of the molecule is Cc1ccc(C(CC(=O)O)N2CC(Br)CC2=O)cc1. The zero-order chi connectivity index (χ0) is 14.0. The summed E-state index contributed by atoms with van der Waals surface area (Å²) in [4.78, 5) is 24.8. The number of rotatable bonds is 4. The van der Waals surface area contributed by atoms with Gasteiger partial charge in [-0.1, -0.05) is 45.8 Å². The highest BCUT2D eigenvalue weighted by molar-refractivity contribution is 9.09. The van der Waals surface area contributed by atoms with E-state index in [1.165, 1.54) is 0 Å². The van der Waals surface area contributed by atoms with E-state index in [2.05, 4.69) is 15.9 Å². The average Bonchev–Trinajstić information content (AvgIpc) is 2.66. The number of carbonyl (C=O) groups excluding carboxylic acids is 1. The molecule has 1 saturated heterocycles. The van der Waals surface area contributed by atoms with E-state index >= 15 is 0 Å². The third kappa shape index (κ3) is 3.35. The number of carbonyl (C=O) groups is 2. The van der Waals surface area contributed by atoms with Crippen LogP contribution in [0.15, 0.2) is 24.3 Å². The van der Waals surface area contributed by atoms with Gasteiger partial charge in [0.25, 0.3) is 0 Å². The predicted molar refractivity (Wildman–Crippen MR) is 75.2 cm³/mol. The van der Waals surface area contributed by atoms with Crippen molar-refractivity contribution < 1.29 is 14.7 Å². The van der Waals surface area contributed by atoms with Crippen molar-refractivity contribution in [2.24, 2.45) is 0 Å². The summed E-state index contributed by atoms with van der Waals surface area (Å²) < 4.78 is 0. The fourth-order valence-corrected chi connectivity index (χ4v) is 2.94. The minimum atomic E-state index is -0.892. The van der Waals surface area contributed by atoms with Gasteiger partial charge in [-0.05, 0) is 12.5 Å². The molecule has 2 atom stereocenters. The number of hydrogen-bond donors (Lipinski definition) is 1. The number of amides is 1. The molecule has 1 aliphatic heterocycles. The van der Waals surface area contributed by atoms with E-state index in [4.69, 9.17) is 5.11 Å². The Kier molecular flexibility index (Phi) is 4.24. The van der Waals surface area contributed by atoms with E-state index < -0.39 is 5.97 Å². The van der Waals surface area contributed by atoms with Crippen LogP contribution in [0.5, 0.6) is 0 Å². The van der Waals surface area contributed by atoms with Crippen LogP contribution >= 0.6 is 15.9 Å². The third-order valence-corrected chi connectivity index (χ3v) is 3.93. The molecule has 1 aromatic rings.